The molecule has 5 rings (SSSR count). The molecule has 0 unspecified atom stereocenters. The van der Waals surface area contributed by atoms with E-state index in [2.05, 4.69) is 15.4 Å². The van der Waals surface area contributed by atoms with Gasteiger partial charge in [-0.25, -0.2) is 14.5 Å². The molecule has 0 bridgehead atoms. The number of benzene rings is 1. The molecular weight excluding hydrogens is 436 g/mol. The van der Waals surface area contributed by atoms with Crippen molar-refractivity contribution in [2.75, 3.05) is 11.9 Å². The average Bonchev–Trinajstić information content (AvgIpc) is 3.56. The van der Waals surface area contributed by atoms with Gasteiger partial charge in [-0.15, -0.1) is 0 Å². The Labute approximate surface area is 197 Å². The number of anilines is 1. The largest absolute Gasteiger partial charge is 0.452 e. The number of ether oxygens (including phenoxy) is 3. The first-order chi connectivity index (χ1) is 16.4. The normalized spacial score (nSPS) is 15.6. The first-order valence-corrected chi connectivity index (χ1v) is 11.4. The minimum Gasteiger partial charge on any atom is -0.452 e. The van der Waals surface area contributed by atoms with Gasteiger partial charge >= 0.3 is 5.97 Å². The number of aromatic nitrogens is 3. The van der Waals surface area contributed by atoms with E-state index in [0.29, 0.717) is 34.3 Å². The van der Waals surface area contributed by atoms with Crippen molar-refractivity contribution in [1.29, 1.82) is 0 Å². The number of carbonyl (C=O) groups is 2. The monoisotopic (exact) mass is 462 g/mol. The van der Waals surface area contributed by atoms with E-state index in [-0.39, 0.29) is 5.92 Å². The van der Waals surface area contributed by atoms with E-state index < -0.39 is 24.3 Å². The summed E-state index contributed by atoms with van der Waals surface area (Å²) in [6, 6.07) is 10.7. The molecule has 176 valence electrons. The lowest BCUT2D eigenvalue weighted by atomic mass is 10.1. The molecule has 1 fully saturated rings. The van der Waals surface area contributed by atoms with Crippen LogP contribution in [-0.4, -0.2) is 39.0 Å². The number of carbonyl (C=O) groups excluding carboxylic acids is 2. The molecule has 0 atom stereocenters. The van der Waals surface area contributed by atoms with Gasteiger partial charge in [0.2, 0.25) is 0 Å². The van der Waals surface area contributed by atoms with E-state index in [1.54, 1.807) is 35.1 Å². The fourth-order valence-corrected chi connectivity index (χ4v) is 4.43. The Hall–Kier alpha value is -3.88. The zero-order valence-corrected chi connectivity index (χ0v) is 19.1. The fraction of sp³-hybridized carbons (Fsp3) is 0.360. The highest BCUT2D eigenvalue weighted by molar-refractivity contribution is 5.96. The second-order valence-corrected chi connectivity index (χ2v) is 8.81. The fourth-order valence-electron chi connectivity index (χ4n) is 4.43. The summed E-state index contributed by atoms with van der Waals surface area (Å²) in [6.07, 6.45) is 6.96. The van der Waals surface area contributed by atoms with E-state index in [4.69, 9.17) is 14.2 Å². The van der Waals surface area contributed by atoms with Crippen LogP contribution in [0.4, 0.5) is 5.69 Å². The first kappa shape index (κ1) is 21.9. The van der Waals surface area contributed by atoms with Crippen LogP contribution in [0.2, 0.25) is 0 Å². The summed E-state index contributed by atoms with van der Waals surface area (Å²) in [7, 11) is 0. The maximum absolute atomic E-state index is 12.8. The smallest absolute Gasteiger partial charge is 0.342 e. The van der Waals surface area contributed by atoms with Crippen LogP contribution in [0, 0.1) is 0 Å². The molecule has 1 spiro atoms. The van der Waals surface area contributed by atoms with Crippen LogP contribution in [0.1, 0.15) is 61.5 Å². The van der Waals surface area contributed by atoms with Gasteiger partial charge in [0.25, 0.3) is 11.7 Å². The average molecular weight is 463 g/mol. The van der Waals surface area contributed by atoms with Gasteiger partial charge in [-0.3, -0.25) is 4.79 Å². The highest BCUT2D eigenvalue weighted by Crippen LogP contribution is 2.47. The molecule has 34 heavy (non-hydrogen) atoms. The van der Waals surface area contributed by atoms with E-state index in [1.165, 1.54) is 6.20 Å². The van der Waals surface area contributed by atoms with Crippen LogP contribution >= 0.6 is 0 Å². The third kappa shape index (κ3) is 4.21. The van der Waals surface area contributed by atoms with Gasteiger partial charge in [-0.2, -0.15) is 5.10 Å². The summed E-state index contributed by atoms with van der Waals surface area (Å²) in [5.41, 5.74) is 1.52. The van der Waals surface area contributed by atoms with Gasteiger partial charge in [0.05, 0.1) is 11.9 Å². The zero-order valence-electron chi connectivity index (χ0n) is 19.1. The molecule has 2 aliphatic rings. The second kappa shape index (κ2) is 8.81. The van der Waals surface area contributed by atoms with Crippen molar-refractivity contribution < 1.29 is 23.8 Å². The lowest BCUT2D eigenvalue weighted by Gasteiger charge is -2.21. The summed E-state index contributed by atoms with van der Waals surface area (Å²) < 4.78 is 18.9. The van der Waals surface area contributed by atoms with E-state index >= 15 is 0 Å². The number of rotatable bonds is 6. The lowest BCUT2D eigenvalue weighted by molar-refractivity contribution is -0.119. The van der Waals surface area contributed by atoms with Crippen molar-refractivity contribution in [3.05, 3.63) is 60.0 Å². The van der Waals surface area contributed by atoms with Crippen LogP contribution in [0.3, 0.4) is 0 Å². The minimum absolute atomic E-state index is 0.0160. The number of nitrogens with zero attached hydrogens (tertiary/aromatic N) is 3. The molecule has 9 heteroatoms. The van der Waals surface area contributed by atoms with E-state index in [1.807, 2.05) is 26.0 Å². The second-order valence-electron chi connectivity index (χ2n) is 8.81. The molecule has 2 aromatic heterocycles. The first-order valence-electron chi connectivity index (χ1n) is 11.4. The van der Waals surface area contributed by atoms with E-state index in [0.717, 1.165) is 25.7 Å². The van der Waals surface area contributed by atoms with Crippen molar-refractivity contribution in [2.45, 2.75) is 51.2 Å². The Morgan fingerprint density at radius 3 is 2.68 bits per heavy atom. The Kier molecular flexibility index (Phi) is 5.69. The van der Waals surface area contributed by atoms with Gasteiger partial charge < -0.3 is 19.5 Å². The SMILES string of the molecule is CC(C)c1c(C(=O)OCC(=O)Nc2ccc3c(c2)OC2(CCCC2)O3)cnn1-c1ccccn1. The number of pyridine rings is 1. The molecule has 1 amide bonds. The lowest BCUT2D eigenvalue weighted by Crippen LogP contribution is -2.34. The van der Waals surface area contributed by atoms with Gasteiger partial charge in [0, 0.05) is 30.8 Å². The van der Waals surface area contributed by atoms with Crippen LogP contribution in [0.15, 0.2) is 48.8 Å². The molecule has 1 aliphatic carbocycles. The molecule has 1 N–H and O–H groups in total. The minimum atomic E-state index is -0.616. The summed E-state index contributed by atoms with van der Waals surface area (Å²) in [5, 5.41) is 7.06. The molecule has 3 heterocycles. The summed E-state index contributed by atoms with van der Waals surface area (Å²) in [5.74, 6) is 0.246. The van der Waals surface area contributed by atoms with Crippen LogP contribution in [-0.2, 0) is 9.53 Å². The van der Waals surface area contributed by atoms with Gasteiger partial charge in [-0.1, -0.05) is 19.9 Å². The predicted octanol–water partition coefficient (Wildman–Crippen LogP) is 4.23. The van der Waals surface area contributed by atoms with Crippen LogP contribution in [0.25, 0.3) is 5.82 Å². The van der Waals surface area contributed by atoms with Crippen molar-refractivity contribution in [3.8, 4) is 17.3 Å². The highest BCUT2D eigenvalue weighted by atomic mass is 16.7. The topological polar surface area (TPSA) is 105 Å². The Balaban J connectivity index is 1.22. The standard InChI is InChI=1S/C25H26N4O5/c1-16(2)23-18(14-27-29(23)21-7-3-6-12-26-21)24(31)32-15-22(30)28-17-8-9-19-20(13-17)34-25(33-19)10-4-5-11-25/h3,6-9,12-14,16H,4-5,10-11,15H2,1-2H3,(H,28,30). The van der Waals surface area contributed by atoms with Gasteiger partial charge in [-0.05, 0) is 43.0 Å². The molecule has 1 aliphatic heterocycles. The predicted molar refractivity (Wildman–Crippen MR) is 123 cm³/mol. The van der Waals surface area contributed by atoms with E-state index in [9.17, 15) is 9.59 Å². The number of nitrogens with one attached hydrogen (secondary N) is 1. The van der Waals surface area contributed by atoms with Crippen molar-refractivity contribution in [1.82, 2.24) is 14.8 Å². The van der Waals surface area contributed by atoms with Crippen molar-refractivity contribution in [2.24, 2.45) is 0 Å². The molecule has 0 saturated heterocycles. The number of hydrogen-bond donors (Lipinski definition) is 1. The molecule has 1 aromatic carbocycles. The summed E-state index contributed by atoms with van der Waals surface area (Å²) in [6.45, 7) is 3.48. The quantitative estimate of drug-likeness (QED) is 0.547. The zero-order chi connectivity index (χ0) is 23.7. The number of fused-ring (bicyclic) bond motifs is 1. The third-order valence-corrected chi connectivity index (χ3v) is 5.96. The van der Waals surface area contributed by atoms with Crippen LogP contribution in [0.5, 0.6) is 11.5 Å². The number of esters is 1. The van der Waals surface area contributed by atoms with Crippen LogP contribution < -0.4 is 14.8 Å². The highest BCUT2D eigenvalue weighted by Gasteiger charge is 2.44. The maximum Gasteiger partial charge on any atom is 0.342 e. The Bertz CT molecular complexity index is 1220. The Morgan fingerprint density at radius 1 is 1.15 bits per heavy atom. The molecule has 1 saturated carbocycles. The molecule has 3 aromatic rings. The van der Waals surface area contributed by atoms with Crippen molar-refractivity contribution >= 4 is 17.6 Å². The molecule has 0 radical (unpaired) electrons. The van der Waals surface area contributed by atoms with Gasteiger partial charge in [0.1, 0.15) is 5.56 Å². The Morgan fingerprint density at radius 2 is 1.94 bits per heavy atom. The number of hydrogen-bond acceptors (Lipinski definition) is 7. The van der Waals surface area contributed by atoms with Crippen molar-refractivity contribution in [3.63, 3.8) is 0 Å². The molecular formula is C25H26N4O5. The molecule has 9 nitrogen and oxygen atoms in total. The number of amides is 1. The maximum atomic E-state index is 12.8. The summed E-state index contributed by atoms with van der Waals surface area (Å²) in [4.78, 5) is 29.5. The third-order valence-electron chi connectivity index (χ3n) is 5.96. The summed E-state index contributed by atoms with van der Waals surface area (Å²) >= 11 is 0. The van der Waals surface area contributed by atoms with Gasteiger partial charge in [0.15, 0.2) is 23.9 Å².